The second kappa shape index (κ2) is 10.8. The van der Waals surface area contributed by atoms with Gasteiger partial charge in [0.1, 0.15) is 25.5 Å². The van der Waals surface area contributed by atoms with E-state index in [1.54, 1.807) is 24.3 Å². The van der Waals surface area contributed by atoms with Crippen LogP contribution in [0.15, 0.2) is 60.1 Å². The molecule has 6 nitrogen and oxygen atoms in total. The Hall–Kier alpha value is -3.90. The van der Waals surface area contributed by atoms with Gasteiger partial charge in [-0.2, -0.15) is 30.7 Å². The molecule has 1 aliphatic rings. The molecule has 204 valence electrons. The van der Waals surface area contributed by atoms with Crippen molar-refractivity contribution in [2.75, 3.05) is 26.9 Å². The van der Waals surface area contributed by atoms with Crippen molar-refractivity contribution in [3.63, 3.8) is 0 Å². The number of nitrogens with zero attached hydrogens (tertiary/aromatic N) is 1. The Bertz CT molecular complexity index is 1260. The highest BCUT2D eigenvalue weighted by molar-refractivity contribution is 6.07. The van der Waals surface area contributed by atoms with Crippen molar-refractivity contribution in [2.24, 2.45) is 4.99 Å². The Labute approximate surface area is 211 Å². The second-order valence-electron chi connectivity index (χ2n) is 7.94. The van der Waals surface area contributed by atoms with E-state index in [1.165, 1.54) is 6.07 Å². The van der Waals surface area contributed by atoms with Gasteiger partial charge in [0.15, 0.2) is 0 Å². The van der Waals surface area contributed by atoms with Crippen LogP contribution < -0.4 is 0 Å². The molecule has 0 aliphatic heterocycles. The summed E-state index contributed by atoms with van der Waals surface area (Å²) >= 11 is 0. The molecule has 0 amide bonds. The largest absolute Gasteiger partial charge is 0.508 e. The van der Waals surface area contributed by atoms with E-state index in [2.05, 4.69) is 16.3 Å². The summed E-state index contributed by atoms with van der Waals surface area (Å²) in [4.78, 5) is 26.0. The van der Waals surface area contributed by atoms with Crippen LogP contribution in [0.2, 0.25) is 0 Å². The molecule has 1 aliphatic carbocycles. The van der Waals surface area contributed by atoms with Crippen LogP contribution in [0.1, 0.15) is 22.6 Å². The van der Waals surface area contributed by atoms with Crippen molar-refractivity contribution in [3.8, 4) is 11.1 Å². The molecule has 2 aromatic carbocycles. The van der Waals surface area contributed by atoms with E-state index in [-0.39, 0.29) is 25.4 Å². The van der Waals surface area contributed by atoms with Gasteiger partial charge in [0.05, 0.1) is 0 Å². The van der Waals surface area contributed by atoms with Crippen molar-refractivity contribution in [1.82, 2.24) is 0 Å². The second-order valence-corrected chi connectivity index (χ2v) is 7.94. The summed E-state index contributed by atoms with van der Waals surface area (Å²) in [5.41, 5.74) is -0.586. The number of alkyl halides is 7. The molecule has 0 fully saturated rings. The fraction of sp³-hybridized carbons (Fsp3) is 0.320. The topological polar surface area (TPSA) is 74.2 Å². The van der Waals surface area contributed by atoms with Gasteiger partial charge in [-0.05, 0) is 28.3 Å². The van der Waals surface area contributed by atoms with Crippen LogP contribution in [-0.4, -0.2) is 62.7 Å². The summed E-state index contributed by atoms with van der Waals surface area (Å²) in [6.45, 7) is 2.40. The first-order valence-electron chi connectivity index (χ1n) is 10.9. The average molecular weight is 547 g/mol. The zero-order valence-corrected chi connectivity index (χ0v) is 19.7. The molecule has 1 atom stereocenters. The van der Waals surface area contributed by atoms with Crippen LogP contribution >= 0.6 is 0 Å². The molecule has 0 saturated heterocycles. The Kier molecular flexibility index (Phi) is 8.18. The van der Waals surface area contributed by atoms with Crippen LogP contribution in [-0.2, 0) is 19.0 Å². The number of hydrogen-bond donors (Lipinski definition) is 0. The number of fused-ring (bicyclic) bond motifs is 3. The zero-order chi connectivity index (χ0) is 28.3. The van der Waals surface area contributed by atoms with Gasteiger partial charge in [-0.25, -0.2) is 9.59 Å². The van der Waals surface area contributed by atoms with Crippen molar-refractivity contribution in [3.05, 3.63) is 71.8 Å². The first-order chi connectivity index (χ1) is 17.8. The van der Waals surface area contributed by atoms with E-state index in [0.717, 1.165) is 18.2 Å². The van der Waals surface area contributed by atoms with Gasteiger partial charge in [-0.3, -0.25) is 4.99 Å². The number of carbonyl (C=O) groups excluding carboxylic acids is 2. The number of carbonyl (C=O) groups is 2. The maximum atomic E-state index is 14.5. The Morgan fingerprint density at radius 1 is 0.921 bits per heavy atom. The Morgan fingerprint density at radius 3 is 2.18 bits per heavy atom. The number of hydrogen-bond acceptors (Lipinski definition) is 6. The Morgan fingerprint density at radius 2 is 1.55 bits per heavy atom. The van der Waals surface area contributed by atoms with Crippen LogP contribution in [0, 0.1) is 0 Å². The SMILES string of the molecule is C=CC(=O)OCCOC(=O)OCC1c2ccccc2-c2cc(C(=NC)C(F)(F)C(F)(F)C(F)(F)F)ccc21. The third-order valence-electron chi connectivity index (χ3n) is 5.68. The average Bonchev–Trinajstić information content (AvgIpc) is 3.17. The molecular weight excluding hydrogens is 527 g/mol. The molecule has 0 heterocycles. The van der Waals surface area contributed by atoms with Crippen LogP contribution in [0.25, 0.3) is 11.1 Å². The number of benzene rings is 2. The molecule has 0 aromatic heterocycles. The van der Waals surface area contributed by atoms with Gasteiger partial charge in [-0.15, -0.1) is 0 Å². The minimum absolute atomic E-state index is 0.239. The van der Waals surface area contributed by atoms with E-state index < -0.39 is 47.3 Å². The molecule has 0 N–H and O–H groups in total. The number of ether oxygens (including phenoxy) is 3. The van der Waals surface area contributed by atoms with Crippen LogP contribution in [0.4, 0.5) is 35.5 Å². The van der Waals surface area contributed by atoms with Gasteiger partial charge in [0, 0.05) is 24.6 Å². The van der Waals surface area contributed by atoms with Crippen molar-refractivity contribution in [1.29, 1.82) is 0 Å². The van der Waals surface area contributed by atoms with Gasteiger partial charge in [-0.1, -0.05) is 43.0 Å². The summed E-state index contributed by atoms with van der Waals surface area (Å²) in [5.74, 6) is -13.4. The highest BCUT2D eigenvalue weighted by atomic mass is 19.4. The molecular formula is C25H20F7NO5. The minimum Gasteiger partial charge on any atom is -0.459 e. The third kappa shape index (κ3) is 5.36. The smallest absolute Gasteiger partial charge is 0.459 e. The van der Waals surface area contributed by atoms with Gasteiger partial charge in [0.2, 0.25) is 0 Å². The Balaban J connectivity index is 1.85. The number of aliphatic imine (C=N–C) groups is 1. The van der Waals surface area contributed by atoms with E-state index in [4.69, 9.17) is 9.47 Å². The zero-order valence-electron chi connectivity index (χ0n) is 19.7. The van der Waals surface area contributed by atoms with Crippen molar-refractivity contribution < 1.29 is 54.5 Å². The van der Waals surface area contributed by atoms with Crippen LogP contribution in [0.3, 0.4) is 0 Å². The normalized spacial score (nSPS) is 15.4. The van der Waals surface area contributed by atoms with Crippen LogP contribution in [0.5, 0.6) is 0 Å². The molecule has 13 heteroatoms. The standard InChI is InChI=1S/C25H20F7NO5/c1-3-20(34)36-10-11-37-22(35)38-13-19-16-7-5-4-6-15(16)18-12-14(8-9-17(18)19)21(33-2)23(26,27)24(28,29)25(30,31)32/h3-9,12,19H,1,10-11,13H2,2H3. The predicted molar refractivity (Wildman–Crippen MR) is 121 cm³/mol. The monoisotopic (exact) mass is 547 g/mol. The van der Waals surface area contributed by atoms with Crippen molar-refractivity contribution >= 4 is 17.8 Å². The lowest BCUT2D eigenvalue weighted by molar-refractivity contribution is -0.336. The summed E-state index contributed by atoms with van der Waals surface area (Å²) in [7, 11) is 0.692. The fourth-order valence-corrected chi connectivity index (χ4v) is 3.93. The first kappa shape index (κ1) is 28.7. The van der Waals surface area contributed by atoms with E-state index in [9.17, 15) is 40.3 Å². The quantitative estimate of drug-likeness (QED) is 0.128. The summed E-state index contributed by atoms with van der Waals surface area (Å²) < 4.78 is 109. The fourth-order valence-electron chi connectivity index (χ4n) is 3.93. The molecule has 3 rings (SSSR count). The molecule has 38 heavy (non-hydrogen) atoms. The molecule has 0 saturated carbocycles. The van der Waals surface area contributed by atoms with Crippen molar-refractivity contribution in [2.45, 2.75) is 23.9 Å². The van der Waals surface area contributed by atoms with E-state index in [0.29, 0.717) is 23.7 Å². The number of rotatable bonds is 9. The highest BCUT2D eigenvalue weighted by Gasteiger charge is 2.75. The minimum atomic E-state index is -6.51. The first-order valence-corrected chi connectivity index (χ1v) is 10.9. The maximum absolute atomic E-state index is 14.5. The lowest BCUT2D eigenvalue weighted by Gasteiger charge is -2.29. The molecule has 2 aromatic rings. The molecule has 1 unspecified atom stereocenters. The summed E-state index contributed by atoms with van der Waals surface area (Å²) in [6.07, 6.45) is -6.67. The molecule has 0 spiro atoms. The highest BCUT2D eigenvalue weighted by Crippen LogP contribution is 2.49. The third-order valence-corrected chi connectivity index (χ3v) is 5.68. The molecule has 0 bridgehead atoms. The lowest BCUT2D eigenvalue weighted by atomic mass is 9.93. The van der Waals surface area contributed by atoms with Gasteiger partial charge >= 0.3 is 30.1 Å². The van der Waals surface area contributed by atoms with E-state index >= 15 is 0 Å². The van der Waals surface area contributed by atoms with E-state index in [1.807, 2.05) is 0 Å². The van der Waals surface area contributed by atoms with Gasteiger partial charge in [0.25, 0.3) is 0 Å². The summed E-state index contributed by atoms with van der Waals surface area (Å²) in [6, 6.07) is 9.78. The maximum Gasteiger partial charge on any atom is 0.508 e. The predicted octanol–water partition coefficient (Wildman–Crippen LogP) is 5.93. The number of halogens is 7. The molecule has 0 radical (unpaired) electrons. The summed E-state index contributed by atoms with van der Waals surface area (Å²) in [5, 5.41) is 0. The van der Waals surface area contributed by atoms with Gasteiger partial charge < -0.3 is 14.2 Å². The number of esters is 1. The lowest BCUT2D eigenvalue weighted by Crippen LogP contribution is -2.56.